The van der Waals surface area contributed by atoms with Gasteiger partial charge in [0.1, 0.15) is 17.1 Å². The SMILES string of the molecule is CCCCC(C)(C)CC(c1ccccc1)C(C)(C)CCOC(c1ccccc1)(c1ccc(OC)cc1)c1ccc(OC)cc1. The number of rotatable bonds is 16. The van der Waals surface area contributed by atoms with Gasteiger partial charge in [-0.3, -0.25) is 0 Å². The molecule has 44 heavy (non-hydrogen) atoms. The molecule has 4 rings (SSSR count). The lowest BCUT2D eigenvalue weighted by Crippen LogP contribution is -2.35. The standard InChI is InChI=1S/C41H52O3/c1-8-9-28-39(2,3)31-38(32-16-12-10-13-17-32)40(4,5)29-30-44-41(33-18-14-11-15-19-33,34-20-24-36(42-6)25-21-34)35-22-26-37(43-7)27-23-35/h10-27,38H,8-9,28-31H2,1-7H3. The fraction of sp³-hybridized carbons (Fsp3) is 0.415. The van der Waals surface area contributed by atoms with Crippen LogP contribution in [0.2, 0.25) is 0 Å². The highest BCUT2D eigenvalue weighted by atomic mass is 16.5. The van der Waals surface area contributed by atoms with Gasteiger partial charge in [-0.2, -0.15) is 0 Å². The van der Waals surface area contributed by atoms with Crippen LogP contribution in [0.1, 0.15) is 94.9 Å². The maximum absolute atomic E-state index is 7.27. The van der Waals surface area contributed by atoms with E-state index in [0.717, 1.165) is 41.0 Å². The normalized spacial score (nSPS) is 13.0. The van der Waals surface area contributed by atoms with Crippen LogP contribution in [0.3, 0.4) is 0 Å². The van der Waals surface area contributed by atoms with Gasteiger partial charge in [-0.15, -0.1) is 0 Å². The van der Waals surface area contributed by atoms with Crippen LogP contribution in [-0.4, -0.2) is 20.8 Å². The van der Waals surface area contributed by atoms with E-state index < -0.39 is 5.60 Å². The minimum atomic E-state index is -0.807. The summed E-state index contributed by atoms with van der Waals surface area (Å²) < 4.78 is 18.3. The fourth-order valence-corrected chi connectivity index (χ4v) is 6.56. The van der Waals surface area contributed by atoms with Crippen LogP contribution in [0.15, 0.2) is 109 Å². The molecule has 0 radical (unpaired) electrons. The molecule has 0 aliphatic carbocycles. The van der Waals surface area contributed by atoms with Crippen molar-refractivity contribution in [2.24, 2.45) is 10.8 Å². The largest absolute Gasteiger partial charge is 0.497 e. The van der Waals surface area contributed by atoms with E-state index in [0.29, 0.717) is 12.5 Å². The molecule has 0 spiro atoms. The van der Waals surface area contributed by atoms with E-state index in [2.05, 4.69) is 120 Å². The van der Waals surface area contributed by atoms with E-state index >= 15 is 0 Å². The zero-order valence-electron chi connectivity index (χ0n) is 27.9. The van der Waals surface area contributed by atoms with Gasteiger partial charge in [0.15, 0.2) is 0 Å². The Kier molecular flexibility index (Phi) is 11.3. The van der Waals surface area contributed by atoms with Gasteiger partial charge in [-0.25, -0.2) is 0 Å². The molecule has 3 nitrogen and oxygen atoms in total. The summed E-state index contributed by atoms with van der Waals surface area (Å²) >= 11 is 0. The van der Waals surface area contributed by atoms with Crippen molar-refractivity contribution in [3.05, 3.63) is 131 Å². The van der Waals surface area contributed by atoms with Crippen LogP contribution >= 0.6 is 0 Å². The smallest absolute Gasteiger partial charge is 0.143 e. The first kappa shape index (κ1) is 33.3. The molecule has 0 aromatic heterocycles. The molecule has 1 unspecified atom stereocenters. The molecule has 0 aliphatic rings. The molecule has 0 saturated heterocycles. The fourth-order valence-electron chi connectivity index (χ4n) is 6.56. The van der Waals surface area contributed by atoms with Crippen LogP contribution in [-0.2, 0) is 10.3 Å². The van der Waals surface area contributed by atoms with Crippen LogP contribution in [0, 0.1) is 10.8 Å². The van der Waals surface area contributed by atoms with Crippen LogP contribution in [0.4, 0.5) is 0 Å². The number of hydrogen-bond donors (Lipinski definition) is 0. The molecular formula is C41H52O3. The Bertz CT molecular complexity index is 1340. The summed E-state index contributed by atoms with van der Waals surface area (Å²) in [5.74, 6) is 2.05. The van der Waals surface area contributed by atoms with Gasteiger partial charge >= 0.3 is 0 Å². The van der Waals surface area contributed by atoms with Crippen molar-refractivity contribution < 1.29 is 14.2 Å². The molecule has 0 bridgehead atoms. The Morgan fingerprint density at radius 2 is 1.07 bits per heavy atom. The summed E-state index contributed by atoms with van der Waals surface area (Å²) in [5.41, 5.74) is 4.09. The predicted octanol–water partition coefficient (Wildman–Crippen LogP) is 10.8. The zero-order valence-corrected chi connectivity index (χ0v) is 27.9. The van der Waals surface area contributed by atoms with Crippen LogP contribution in [0.5, 0.6) is 11.5 Å². The van der Waals surface area contributed by atoms with Crippen molar-refractivity contribution in [1.82, 2.24) is 0 Å². The molecule has 4 aromatic rings. The molecular weight excluding hydrogens is 540 g/mol. The summed E-state index contributed by atoms with van der Waals surface area (Å²) in [6.45, 7) is 12.6. The van der Waals surface area contributed by atoms with E-state index in [1.807, 2.05) is 24.3 Å². The summed E-state index contributed by atoms with van der Waals surface area (Å²) in [4.78, 5) is 0. The van der Waals surface area contributed by atoms with Gasteiger partial charge in [0.2, 0.25) is 0 Å². The highest BCUT2D eigenvalue weighted by molar-refractivity contribution is 5.49. The minimum Gasteiger partial charge on any atom is -0.497 e. The second kappa shape index (κ2) is 14.9. The Morgan fingerprint density at radius 1 is 0.591 bits per heavy atom. The average molecular weight is 593 g/mol. The van der Waals surface area contributed by atoms with Gasteiger partial charge in [-0.05, 0) is 82.5 Å². The van der Waals surface area contributed by atoms with E-state index in [9.17, 15) is 0 Å². The first-order valence-corrected chi connectivity index (χ1v) is 16.2. The molecule has 3 heteroatoms. The highest BCUT2D eigenvalue weighted by Crippen LogP contribution is 2.48. The number of benzene rings is 4. The van der Waals surface area contributed by atoms with Crippen molar-refractivity contribution in [2.45, 2.75) is 78.2 Å². The lowest BCUT2D eigenvalue weighted by molar-refractivity contribution is -0.00664. The molecule has 4 aromatic carbocycles. The number of hydrogen-bond acceptors (Lipinski definition) is 3. The summed E-state index contributed by atoms with van der Waals surface area (Å²) in [6, 6.07) is 38.3. The van der Waals surface area contributed by atoms with Crippen molar-refractivity contribution >= 4 is 0 Å². The molecule has 0 aliphatic heterocycles. The van der Waals surface area contributed by atoms with E-state index in [1.54, 1.807) is 14.2 Å². The number of unbranched alkanes of at least 4 members (excludes halogenated alkanes) is 1. The molecule has 0 heterocycles. The first-order chi connectivity index (χ1) is 21.1. The van der Waals surface area contributed by atoms with Crippen molar-refractivity contribution in [3.63, 3.8) is 0 Å². The minimum absolute atomic E-state index is 0.00703. The summed E-state index contributed by atoms with van der Waals surface area (Å²) in [5, 5.41) is 0. The third-order valence-corrected chi connectivity index (χ3v) is 9.35. The van der Waals surface area contributed by atoms with Crippen LogP contribution in [0.25, 0.3) is 0 Å². The average Bonchev–Trinajstić information content (AvgIpc) is 3.06. The van der Waals surface area contributed by atoms with E-state index in [4.69, 9.17) is 14.2 Å². The van der Waals surface area contributed by atoms with Gasteiger partial charge in [0.25, 0.3) is 0 Å². The molecule has 0 saturated carbocycles. The second-order valence-electron chi connectivity index (χ2n) is 13.5. The Hall–Kier alpha value is -3.56. The topological polar surface area (TPSA) is 27.7 Å². The van der Waals surface area contributed by atoms with Crippen molar-refractivity contribution in [1.29, 1.82) is 0 Å². The highest BCUT2D eigenvalue weighted by Gasteiger charge is 2.40. The third kappa shape index (κ3) is 7.93. The second-order valence-corrected chi connectivity index (χ2v) is 13.5. The molecule has 0 N–H and O–H groups in total. The van der Waals surface area contributed by atoms with Crippen LogP contribution < -0.4 is 9.47 Å². The van der Waals surface area contributed by atoms with Gasteiger partial charge in [0.05, 0.1) is 14.2 Å². The van der Waals surface area contributed by atoms with Crippen molar-refractivity contribution in [2.75, 3.05) is 20.8 Å². The maximum Gasteiger partial charge on any atom is 0.143 e. The van der Waals surface area contributed by atoms with Gasteiger partial charge < -0.3 is 14.2 Å². The lowest BCUT2D eigenvalue weighted by atomic mass is 9.65. The monoisotopic (exact) mass is 592 g/mol. The third-order valence-electron chi connectivity index (χ3n) is 9.35. The van der Waals surface area contributed by atoms with Crippen molar-refractivity contribution in [3.8, 4) is 11.5 Å². The van der Waals surface area contributed by atoms with Gasteiger partial charge in [-0.1, -0.05) is 132 Å². The quantitative estimate of drug-likeness (QED) is 0.121. The maximum atomic E-state index is 7.27. The molecule has 234 valence electrons. The molecule has 0 amide bonds. The van der Waals surface area contributed by atoms with E-state index in [1.165, 1.54) is 24.8 Å². The summed E-state index contributed by atoms with van der Waals surface area (Å²) in [6.07, 6.45) is 5.80. The Balaban J connectivity index is 1.73. The Morgan fingerprint density at radius 3 is 1.55 bits per heavy atom. The number of ether oxygens (including phenoxy) is 3. The lowest BCUT2D eigenvalue weighted by Gasteiger charge is -2.41. The molecule has 1 atom stereocenters. The summed E-state index contributed by atoms with van der Waals surface area (Å²) in [7, 11) is 3.41. The zero-order chi connectivity index (χ0) is 31.6. The molecule has 0 fully saturated rings. The Labute approximate surface area is 266 Å². The number of methoxy groups -OCH3 is 2. The van der Waals surface area contributed by atoms with E-state index in [-0.39, 0.29) is 10.8 Å². The first-order valence-electron chi connectivity index (χ1n) is 16.2. The van der Waals surface area contributed by atoms with Gasteiger partial charge in [0, 0.05) is 6.61 Å². The predicted molar refractivity (Wildman–Crippen MR) is 184 cm³/mol.